The van der Waals surface area contributed by atoms with Crippen molar-refractivity contribution >= 4 is 11.3 Å². The Kier molecular flexibility index (Phi) is 3.43. The van der Waals surface area contributed by atoms with Gasteiger partial charge in [0.15, 0.2) is 0 Å². The SMILES string of the molecule is Cc1nc(CNC[C@H]2CCc3nccn3C2)cs1. The fourth-order valence-electron chi connectivity index (χ4n) is 2.50. The molecule has 1 atom stereocenters. The summed E-state index contributed by atoms with van der Waals surface area (Å²) in [5.41, 5.74) is 1.16. The Hall–Kier alpha value is -1.20. The van der Waals surface area contributed by atoms with E-state index in [-0.39, 0.29) is 0 Å². The van der Waals surface area contributed by atoms with E-state index in [9.17, 15) is 0 Å². The molecule has 2 aromatic heterocycles. The quantitative estimate of drug-likeness (QED) is 0.916. The molecule has 0 saturated carbocycles. The molecule has 5 heteroatoms. The highest BCUT2D eigenvalue weighted by Crippen LogP contribution is 2.18. The van der Waals surface area contributed by atoms with Crippen LogP contribution in [0.15, 0.2) is 17.8 Å². The van der Waals surface area contributed by atoms with Crippen molar-refractivity contribution in [2.75, 3.05) is 6.54 Å². The van der Waals surface area contributed by atoms with Crippen LogP contribution in [0, 0.1) is 12.8 Å². The Morgan fingerprint density at radius 1 is 1.56 bits per heavy atom. The minimum absolute atomic E-state index is 0.714. The molecule has 0 fully saturated rings. The van der Waals surface area contributed by atoms with Crippen molar-refractivity contribution < 1.29 is 0 Å². The summed E-state index contributed by atoms with van der Waals surface area (Å²) in [6.07, 6.45) is 6.34. The molecule has 1 N–H and O–H groups in total. The Labute approximate surface area is 111 Å². The van der Waals surface area contributed by atoms with Gasteiger partial charge in [-0.25, -0.2) is 9.97 Å². The van der Waals surface area contributed by atoms with E-state index in [0.717, 1.165) is 36.8 Å². The summed E-state index contributed by atoms with van der Waals surface area (Å²) in [4.78, 5) is 8.82. The number of nitrogens with zero attached hydrogens (tertiary/aromatic N) is 3. The Bertz CT molecular complexity index is 517. The monoisotopic (exact) mass is 262 g/mol. The minimum Gasteiger partial charge on any atom is -0.335 e. The van der Waals surface area contributed by atoms with E-state index in [1.165, 1.54) is 12.2 Å². The van der Waals surface area contributed by atoms with Crippen LogP contribution in [0.5, 0.6) is 0 Å². The fraction of sp³-hybridized carbons (Fsp3) is 0.538. The van der Waals surface area contributed by atoms with Crippen LogP contribution in [0.1, 0.15) is 22.9 Å². The van der Waals surface area contributed by atoms with E-state index in [1.807, 2.05) is 6.20 Å². The second-order valence-corrected chi connectivity index (χ2v) is 5.95. The van der Waals surface area contributed by atoms with Gasteiger partial charge in [-0.2, -0.15) is 0 Å². The number of nitrogens with one attached hydrogen (secondary N) is 1. The molecule has 1 aliphatic heterocycles. The summed E-state index contributed by atoms with van der Waals surface area (Å²) in [7, 11) is 0. The predicted octanol–water partition coefficient (Wildman–Crippen LogP) is 2.00. The molecule has 0 unspecified atom stereocenters. The Morgan fingerprint density at radius 3 is 3.33 bits per heavy atom. The molecule has 18 heavy (non-hydrogen) atoms. The summed E-state index contributed by atoms with van der Waals surface area (Å²) in [6.45, 7) is 5.10. The molecule has 3 heterocycles. The van der Waals surface area contributed by atoms with Crippen molar-refractivity contribution in [3.8, 4) is 0 Å². The lowest BCUT2D eigenvalue weighted by Gasteiger charge is -2.23. The number of hydrogen-bond acceptors (Lipinski definition) is 4. The van der Waals surface area contributed by atoms with Crippen LogP contribution in [0.4, 0.5) is 0 Å². The summed E-state index contributed by atoms with van der Waals surface area (Å²) in [5, 5.41) is 6.80. The number of aromatic nitrogens is 3. The molecule has 0 amide bonds. The Balaban J connectivity index is 1.47. The van der Waals surface area contributed by atoms with Crippen molar-refractivity contribution in [3.63, 3.8) is 0 Å². The molecule has 1 aliphatic rings. The third kappa shape index (κ3) is 2.62. The van der Waals surface area contributed by atoms with Crippen LogP contribution in [0.3, 0.4) is 0 Å². The van der Waals surface area contributed by atoms with Gasteiger partial charge in [-0.1, -0.05) is 0 Å². The van der Waals surface area contributed by atoms with Crippen LogP contribution in [-0.2, 0) is 19.5 Å². The maximum absolute atomic E-state index is 4.46. The van der Waals surface area contributed by atoms with Crippen molar-refractivity contribution in [1.29, 1.82) is 0 Å². The molecule has 0 saturated heterocycles. The van der Waals surface area contributed by atoms with Crippen LogP contribution in [0.25, 0.3) is 0 Å². The standard InChI is InChI=1S/C13H18N4S/c1-10-16-12(9-18-10)7-14-6-11-2-3-13-15-4-5-17(13)8-11/h4-5,9,11,14H,2-3,6-8H2,1H3/t11-/m1/s1. The van der Waals surface area contributed by atoms with E-state index < -0.39 is 0 Å². The topological polar surface area (TPSA) is 42.7 Å². The number of imidazole rings is 1. The van der Waals surface area contributed by atoms with Gasteiger partial charge < -0.3 is 9.88 Å². The van der Waals surface area contributed by atoms with Crippen LogP contribution in [0.2, 0.25) is 0 Å². The lowest BCUT2D eigenvalue weighted by molar-refractivity contribution is 0.347. The third-order valence-corrected chi connectivity index (χ3v) is 4.26. The fourth-order valence-corrected chi connectivity index (χ4v) is 3.11. The van der Waals surface area contributed by atoms with E-state index in [0.29, 0.717) is 5.92 Å². The maximum Gasteiger partial charge on any atom is 0.108 e. The summed E-state index contributed by atoms with van der Waals surface area (Å²) in [6, 6.07) is 0. The first-order valence-corrected chi connectivity index (χ1v) is 7.31. The summed E-state index contributed by atoms with van der Waals surface area (Å²) >= 11 is 1.72. The van der Waals surface area contributed by atoms with E-state index in [4.69, 9.17) is 0 Å². The zero-order valence-corrected chi connectivity index (χ0v) is 11.4. The molecule has 4 nitrogen and oxygen atoms in total. The molecule has 0 bridgehead atoms. The average molecular weight is 262 g/mol. The average Bonchev–Trinajstić information content (AvgIpc) is 2.97. The van der Waals surface area contributed by atoms with Gasteiger partial charge in [0.25, 0.3) is 0 Å². The number of fused-ring (bicyclic) bond motifs is 1. The van der Waals surface area contributed by atoms with Crippen LogP contribution in [-0.4, -0.2) is 21.1 Å². The first kappa shape index (κ1) is 11.9. The second-order valence-electron chi connectivity index (χ2n) is 4.89. The van der Waals surface area contributed by atoms with Crippen molar-refractivity contribution in [2.45, 2.75) is 32.9 Å². The molecule has 96 valence electrons. The molecule has 0 aliphatic carbocycles. The zero-order chi connectivity index (χ0) is 12.4. The molecular formula is C13H18N4S. The zero-order valence-electron chi connectivity index (χ0n) is 10.6. The Morgan fingerprint density at radius 2 is 2.50 bits per heavy atom. The predicted molar refractivity (Wildman–Crippen MR) is 72.6 cm³/mol. The van der Waals surface area contributed by atoms with Gasteiger partial charge in [0.1, 0.15) is 5.82 Å². The van der Waals surface area contributed by atoms with Crippen LogP contribution >= 0.6 is 11.3 Å². The van der Waals surface area contributed by atoms with Crippen molar-refractivity contribution in [3.05, 3.63) is 34.3 Å². The van der Waals surface area contributed by atoms with Crippen molar-refractivity contribution in [1.82, 2.24) is 19.9 Å². The largest absolute Gasteiger partial charge is 0.335 e. The number of rotatable bonds is 4. The van der Waals surface area contributed by atoms with Gasteiger partial charge in [0, 0.05) is 43.8 Å². The van der Waals surface area contributed by atoms with Crippen molar-refractivity contribution in [2.24, 2.45) is 5.92 Å². The van der Waals surface area contributed by atoms with E-state index >= 15 is 0 Å². The lowest BCUT2D eigenvalue weighted by Crippen LogP contribution is -2.29. The first-order chi connectivity index (χ1) is 8.81. The van der Waals surface area contributed by atoms with E-state index in [2.05, 4.69) is 38.4 Å². The van der Waals surface area contributed by atoms with Gasteiger partial charge in [0.2, 0.25) is 0 Å². The molecule has 0 aromatic carbocycles. The molecule has 3 rings (SSSR count). The third-order valence-electron chi connectivity index (χ3n) is 3.44. The second kappa shape index (κ2) is 5.20. The van der Waals surface area contributed by atoms with E-state index in [1.54, 1.807) is 11.3 Å². The number of hydrogen-bond donors (Lipinski definition) is 1. The maximum atomic E-state index is 4.46. The van der Waals surface area contributed by atoms with Gasteiger partial charge in [-0.3, -0.25) is 0 Å². The molecule has 2 aromatic rings. The molecular weight excluding hydrogens is 244 g/mol. The normalized spacial score (nSPS) is 18.8. The first-order valence-electron chi connectivity index (χ1n) is 6.43. The van der Waals surface area contributed by atoms with Gasteiger partial charge >= 0.3 is 0 Å². The summed E-state index contributed by atoms with van der Waals surface area (Å²) < 4.78 is 2.28. The minimum atomic E-state index is 0.714. The lowest BCUT2D eigenvalue weighted by atomic mass is 9.99. The highest BCUT2D eigenvalue weighted by molar-refractivity contribution is 7.09. The summed E-state index contributed by atoms with van der Waals surface area (Å²) in [5.74, 6) is 1.95. The number of aryl methyl sites for hydroxylation is 2. The molecule has 0 spiro atoms. The number of thiazole rings is 1. The van der Waals surface area contributed by atoms with Gasteiger partial charge in [0.05, 0.1) is 10.7 Å². The molecule has 0 radical (unpaired) electrons. The highest BCUT2D eigenvalue weighted by Gasteiger charge is 2.18. The highest BCUT2D eigenvalue weighted by atomic mass is 32.1. The van der Waals surface area contributed by atoms with Gasteiger partial charge in [-0.05, 0) is 19.3 Å². The smallest absolute Gasteiger partial charge is 0.108 e. The van der Waals surface area contributed by atoms with Crippen LogP contribution < -0.4 is 5.32 Å². The van der Waals surface area contributed by atoms with Gasteiger partial charge in [-0.15, -0.1) is 11.3 Å².